The third kappa shape index (κ3) is 3.18. The molecular weight excluding hydrogens is 370 g/mol. The molecule has 0 saturated heterocycles. The lowest BCUT2D eigenvalue weighted by Gasteiger charge is -2.34. The summed E-state index contributed by atoms with van der Waals surface area (Å²) >= 11 is 0. The van der Waals surface area contributed by atoms with Gasteiger partial charge in [-0.2, -0.15) is 13.2 Å². The first-order valence-corrected chi connectivity index (χ1v) is 9.80. The van der Waals surface area contributed by atoms with Gasteiger partial charge in [-0.25, -0.2) is 12.8 Å². The van der Waals surface area contributed by atoms with Crippen LogP contribution >= 0.6 is 0 Å². The van der Waals surface area contributed by atoms with Gasteiger partial charge in [0.2, 0.25) is 0 Å². The third-order valence-corrected chi connectivity index (χ3v) is 6.46. The Labute approximate surface area is 149 Å². The van der Waals surface area contributed by atoms with Gasteiger partial charge in [0, 0.05) is 6.26 Å². The maximum Gasteiger partial charge on any atom is 0.392 e. The fourth-order valence-electron chi connectivity index (χ4n) is 3.47. The van der Waals surface area contributed by atoms with E-state index in [4.69, 9.17) is 0 Å². The number of alkyl halides is 3. The Kier molecular flexibility index (Phi) is 4.50. The van der Waals surface area contributed by atoms with Crippen molar-refractivity contribution in [2.24, 2.45) is 5.92 Å². The molecule has 0 fully saturated rings. The van der Waals surface area contributed by atoms with E-state index in [0.717, 1.165) is 18.4 Å². The molecule has 140 valence electrons. The zero-order chi connectivity index (χ0) is 19.2. The molecule has 1 aromatic carbocycles. The third-order valence-electron chi connectivity index (χ3n) is 4.79. The average molecular weight is 387 g/mol. The number of hydrogen-bond donors (Lipinski definition) is 1. The molecule has 8 heteroatoms. The molecule has 0 aromatic heterocycles. The van der Waals surface area contributed by atoms with Gasteiger partial charge in [-0.3, -0.25) is 0 Å². The Morgan fingerprint density at radius 1 is 1.12 bits per heavy atom. The number of dihydropyridines is 1. The van der Waals surface area contributed by atoms with Gasteiger partial charge in [-0.1, -0.05) is 18.2 Å². The summed E-state index contributed by atoms with van der Waals surface area (Å²) < 4.78 is 78.5. The number of halogens is 4. The first kappa shape index (κ1) is 18.7. The zero-order valence-corrected chi connectivity index (χ0v) is 14.7. The van der Waals surface area contributed by atoms with E-state index < -0.39 is 39.0 Å². The predicted octanol–water partition coefficient (Wildman–Crippen LogP) is 3.97. The van der Waals surface area contributed by atoms with Gasteiger partial charge in [-0.15, -0.1) is 0 Å². The molecule has 1 heterocycles. The highest BCUT2D eigenvalue weighted by atomic mass is 32.2. The van der Waals surface area contributed by atoms with Gasteiger partial charge < -0.3 is 5.32 Å². The van der Waals surface area contributed by atoms with Crippen molar-refractivity contribution in [2.45, 2.75) is 23.9 Å². The van der Waals surface area contributed by atoms with Crippen molar-refractivity contribution in [3.63, 3.8) is 0 Å². The Morgan fingerprint density at radius 3 is 2.27 bits per heavy atom. The minimum atomic E-state index is -4.46. The summed E-state index contributed by atoms with van der Waals surface area (Å²) in [6.45, 7) is 0. The van der Waals surface area contributed by atoms with Gasteiger partial charge in [0.15, 0.2) is 14.7 Å². The summed E-state index contributed by atoms with van der Waals surface area (Å²) in [6.07, 6.45) is 1.57. The molecule has 2 aliphatic rings. The molecule has 3 rings (SSSR count). The molecule has 0 radical (unpaired) electrons. The van der Waals surface area contributed by atoms with Crippen molar-refractivity contribution in [3.8, 4) is 0 Å². The van der Waals surface area contributed by atoms with E-state index in [-0.39, 0.29) is 17.6 Å². The van der Waals surface area contributed by atoms with Crippen LogP contribution in [0.5, 0.6) is 0 Å². The number of nitrogens with one attached hydrogen (secondary N) is 1. The standard InChI is InChI=1S/C18H17F4NO2S/c1-26(24,25)17(8-2-3-9-23-17)16-11-13(18(20,21)22)10-15(16)12-4-6-14(19)7-5-12/h2-9,13,23H,10-11H2,1H3. The highest BCUT2D eigenvalue weighted by Crippen LogP contribution is 2.50. The summed E-state index contributed by atoms with van der Waals surface area (Å²) in [5.74, 6) is -2.20. The van der Waals surface area contributed by atoms with Crippen LogP contribution in [0.1, 0.15) is 18.4 Å². The average Bonchev–Trinajstić information content (AvgIpc) is 3.01. The first-order valence-electron chi connectivity index (χ1n) is 7.91. The molecule has 0 spiro atoms. The molecule has 2 unspecified atom stereocenters. The van der Waals surface area contributed by atoms with E-state index in [9.17, 15) is 26.0 Å². The van der Waals surface area contributed by atoms with Crippen LogP contribution in [-0.4, -0.2) is 25.7 Å². The second-order valence-corrected chi connectivity index (χ2v) is 8.67. The molecule has 1 N–H and O–H groups in total. The quantitative estimate of drug-likeness (QED) is 0.799. The molecule has 2 atom stereocenters. The van der Waals surface area contributed by atoms with Crippen molar-refractivity contribution >= 4 is 15.4 Å². The maximum absolute atomic E-state index is 13.4. The molecule has 26 heavy (non-hydrogen) atoms. The Balaban J connectivity index is 2.20. The van der Waals surface area contributed by atoms with Crippen LogP contribution in [0.25, 0.3) is 5.57 Å². The fourth-order valence-corrected chi connectivity index (χ4v) is 4.73. The van der Waals surface area contributed by atoms with E-state index in [2.05, 4.69) is 5.32 Å². The lowest BCUT2D eigenvalue weighted by atomic mass is 9.95. The number of hydrogen-bond acceptors (Lipinski definition) is 3. The van der Waals surface area contributed by atoms with Crippen molar-refractivity contribution in [2.75, 3.05) is 6.26 Å². The molecule has 0 amide bonds. The van der Waals surface area contributed by atoms with Gasteiger partial charge in [0.1, 0.15) is 5.82 Å². The monoisotopic (exact) mass is 387 g/mol. The largest absolute Gasteiger partial charge is 0.392 e. The van der Waals surface area contributed by atoms with Gasteiger partial charge in [0.05, 0.1) is 5.92 Å². The normalized spacial score (nSPS) is 26.3. The van der Waals surface area contributed by atoms with Crippen molar-refractivity contribution in [1.82, 2.24) is 5.32 Å². The predicted molar refractivity (Wildman–Crippen MR) is 91.1 cm³/mol. The maximum atomic E-state index is 13.4. The van der Waals surface area contributed by atoms with E-state index in [1.54, 1.807) is 6.08 Å². The topological polar surface area (TPSA) is 46.2 Å². The lowest BCUT2D eigenvalue weighted by molar-refractivity contribution is -0.171. The van der Waals surface area contributed by atoms with Crippen LogP contribution in [0, 0.1) is 11.7 Å². The van der Waals surface area contributed by atoms with E-state index >= 15 is 0 Å². The minimum Gasteiger partial charge on any atom is -0.366 e. The van der Waals surface area contributed by atoms with Gasteiger partial charge >= 0.3 is 6.18 Å². The molecule has 1 aromatic rings. The Bertz CT molecular complexity index is 898. The number of benzene rings is 1. The van der Waals surface area contributed by atoms with Crippen LogP contribution in [-0.2, 0) is 9.84 Å². The van der Waals surface area contributed by atoms with Gasteiger partial charge in [-0.05, 0) is 60.0 Å². The summed E-state index contributed by atoms with van der Waals surface area (Å²) in [7, 11) is -3.84. The van der Waals surface area contributed by atoms with Crippen LogP contribution < -0.4 is 5.32 Å². The summed E-state index contributed by atoms with van der Waals surface area (Å²) in [6, 6.07) is 5.06. The summed E-state index contributed by atoms with van der Waals surface area (Å²) in [5.41, 5.74) is 0.820. The van der Waals surface area contributed by atoms with E-state index in [1.165, 1.54) is 30.5 Å². The van der Waals surface area contributed by atoms with Gasteiger partial charge in [0.25, 0.3) is 0 Å². The highest BCUT2D eigenvalue weighted by Gasteiger charge is 2.52. The van der Waals surface area contributed by atoms with Crippen LogP contribution in [0.15, 0.2) is 54.3 Å². The lowest BCUT2D eigenvalue weighted by Crippen LogP contribution is -2.50. The fraction of sp³-hybridized carbons (Fsp3) is 0.333. The van der Waals surface area contributed by atoms with Crippen LogP contribution in [0.3, 0.4) is 0 Å². The Hall–Kier alpha value is -2.09. The molecular formula is C18H17F4NO2S. The molecule has 0 bridgehead atoms. The second kappa shape index (κ2) is 6.26. The number of rotatable bonds is 3. The molecule has 1 aliphatic heterocycles. The zero-order valence-electron chi connectivity index (χ0n) is 13.8. The van der Waals surface area contributed by atoms with Crippen molar-refractivity contribution in [3.05, 3.63) is 65.6 Å². The highest BCUT2D eigenvalue weighted by molar-refractivity contribution is 7.92. The molecule has 1 aliphatic carbocycles. The second-order valence-electron chi connectivity index (χ2n) is 6.48. The van der Waals surface area contributed by atoms with Crippen LogP contribution in [0.2, 0.25) is 0 Å². The van der Waals surface area contributed by atoms with E-state index in [1.807, 2.05) is 0 Å². The summed E-state index contributed by atoms with van der Waals surface area (Å²) in [4.78, 5) is -1.74. The Morgan fingerprint density at radius 2 is 1.77 bits per heavy atom. The van der Waals surface area contributed by atoms with Crippen molar-refractivity contribution < 1.29 is 26.0 Å². The van der Waals surface area contributed by atoms with Crippen LogP contribution in [0.4, 0.5) is 17.6 Å². The molecule has 0 saturated carbocycles. The summed E-state index contributed by atoms with van der Waals surface area (Å²) in [5, 5.41) is 2.74. The first-order chi connectivity index (χ1) is 12.0. The SMILES string of the molecule is CS(=O)(=O)C1(C2=C(c3ccc(F)cc3)CC(C(F)(F)F)C2)C=CC=CN1. The minimum absolute atomic E-state index is 0.148. The molecule has 3 nitrogen and oxygen atoms in total. The number of allylic oxidation sites excluding steroid dienone is 3. The smallest absolute Gasteiger partial charge is 0.366 e. The van der Waals surface area contributed by atoms with Crippen molar-refractivity contribution in [1.29, 1.82) is 0 Å². The number of sulfone groups is 1. The van der Waals surface area contributed by atoms with E-state index in [0.29, 0.717) is 5.56 Å².